The van der Waals surface area contributed by atoms with Crippen LogP contribution in [-0.2, 0) is 0 Å². The van der Waals surface area contributed by atoms with E-state index < -0.39 is 5.82 Å². The first kappa shape index (κ1) is 13.6. The standard InChI is InChI=1S/C18H17FN2/c1-13-5-2-6-14(11-13)17-9-4-10-21(17)18-8-3-7-16(19)15(18)12-20/h2-3,5-8,11,17H,4,9-10H2,1H3. The molecule has 0 spiro atoms. The molecule has 3 heteroatoms. The van der Waals surface area contributed by atoms with Crippen molar-refractivity contribution in [3.63, 3.8) is 0 Å². The van der Waals surface area contributed by atoms with Crippen molar-refractivity contribution >= 4 is 5.69 Å². The van der Waals surface area contributed by atoms with E-state index >= 15 is 0 Å². The van der Waals surface area contributed by atoms with Crippen LogP contribution in [0.15, 0.2) is 42.5 Å². The van der Waals surface area contributed by atoms with Crippen LogP contribution in [0.3, 0.4) is 0 Å². The number of rotatable bonds is 2. The van der Waals surface area contributed by atoms with Crippen LogP contribution >= 0.6 is 0 Å². The molecule has 1 saturated heterocycles. The molecular formula is C18H17FN2. The Labute approximate surface area is 124 Å². The van der Waals surface area contributed by atoms with E-state index in [4.69, 9.17) is 0 Å². The molecule has 1 heterocycles. The first-order valence-corrected chi connectivity index (χ1v) is 7.22. The van der Waals surface area contributed by atoms with Gasteiger partial charge in [0, 0.05) is 6.54 Å². The lowest BCUT2D eigenvalue weighted by atomic mass is 10.0. The molecule has 0 amide bonds. The van der Waals surface area contributed by atoms with Crippen molar-refractivity contribution in [1.82, 2.24) is 0 Å². The summed E-state index contributed by atoms with van der Waals surface area (Å²) >= 11 is 0. The molecule has 0 saturated carbocycles. The quantitative estimate of drug-likeness (QED) is 0.818. The van der Waals surface area contributed by atoms with Gasteiger partial charge in [0.15, 0.2) is 0 Å². The van der Waals surface area contributed by atoms with Gasteiger partial charge in [-0.2, -0.15) is 5.26 Å². The van der Waals surface area contributed by atoms with Gasteiger partial charge in [0.25, 0.3) is 0 Å². The van der Waals surface area contributed by atoms with E-state index in [9.17, 15) is 9.65 Å². The molecule has 0 aromatic heterocycles. The highest BCUT2D eigenvalue weighted by Gasteiger charge is 2.28. The van der Waals surface area contributed by atoms with Gasteiger partial charge in [-0.3, -0.25) is 0 Å². The molecule has 0 aliphatic carbocycles. The fourth-order valence-electron chi connectivity index (χ4n) is 3.14. The maximum atomic E-state index is 13.8. The van der Waals surface area contributed by atoms with Crippen molar-refractivity contribution < 1.29 is 4.39 Å². The molecule has 1 aliphatic heterocycles. The van der Waals surface area contributed by atoms with Gasteiger partial charge in [0.05, 0.1) is 11.7 Å². The molecule has 1 aliphatic rings. The van der Waals surface area contributed by atoms with Crippen molar-refractivity contribution in [3.05, 3.63) is 65.0 Å². The molecule has 1 fully saturated rings. The Morgan fingerprint density at radius 3 is 2.81 bits per heavy atom. The fraction of sp³-hybridized carbons (Fsp3) is 0.278. The molecule has 0 radical (unpaired) electrons. The van der Waals surface area contributed by atoms with Crippen LogP contribution < -0.4 is 4.90 Å². The average Bonchev–Trinajstić information content (AvgIpc) is 2.96. The summed E-state index contributed by atoms with van der Waals surface area (Å²) < 4.78 is 13.8. The highest BCUT2D eigenvalue weighted by Crippen LogP contribution is 2.38. The Kier molecular flexibility index (Phi) is 3.62. The smallest absolute Gasteiger partial charge is 0.143 e. The van der Waals surface area contributed by atoms with Crippen LogP contribution in [0.5, 0.6) is 0 Å². The van der Waals surface area contributed by atoms with Gasteiger partial charge in [0.1, 0.15) is 17.4 Å². The summed E-state index contributed by atoms with van der Waals surface area (Å²) in [6.45, 7) is 2.93. The lowest BCUT2D eigenvalue weighted by molar-refractivity contribution is 0.621. The third-order valence-electron chi connectivity index (χ3n) is 4.09. The fourth-order valence-corrected chi connectivity index (χ4v) is 3.14. The van der Waals surface area contributed by atoms with E-state index in [1.165, 1.54) is 17.2 Å². The normalized spacial score (nSPS) is 17.8. The molecule has 2 aromatic carbocycles. The summed E-state index contributed by atoms with van der Waals surface area (Å²) in [6.07, 6.45) is 2.09. The van der Waals surface area contributed by atoms with E-state index in [1.807, 2.05) is 12.1 Å². The molecule has 2 nitrogen and oxygen atoms in total. The van der Waals surface area contributed by atoms with Crippen LogP contribution in [0, 0.1) is 24.1 Å². The monoisotopic (exact) mass is 280 g/mol. The zero-order valence-electron chi connectivity index (χ0n) is 12.0. The lowest BCUT2D eigenvalue weighted by Crippen LogP contribution is -2.23. The minimum absolute atomic E-state index is 0.150. The molecule has 106 valence electrons. The van der Waals surface area contributed by atoms with Crippen molar-refractivity contribution in [3.8, 4) is 6.07 Å². The number of anilines is 1. The second kappa shape index (κ2) is 5.57. The third kappa shape index (κ3) is 2.50. The summed E-state index contributed by atoms with van der Waals surface area (Å²) in [7, 11) is 0. The summed E-state index contributed by atoms with van der Waals surface area (Å²) in [5.41, 5.74) is 3.32. The topological polar surface area (TPSA) is 27.0 Å². The van der Waals surface area contributed by atoms with Crippen molar-refractivity contribution in [2.75, 3.05) is 11.4 Å². The van der Waals surface area contributed by atoms with E-state index in [1.54, 1.807) is 6.07 Å². The molecule has 1 unspecified atom stereocenters. The number of halogens is 1. The summed E-state index contributed by atoms with van der Waals surface area (Å²) in [5.74, 6) is -0.440. The molecule has 21 heavy (non-hydrogen) atoms. The second-order valence-corrected chi connectivity index (χ2v) is 5.51. The number of aryl methyl sites for hydroxylation is 1. The Hall–Kier alpha value is -2.34. The summed E-state index contributed by atoms with van der Waals surface area (Å²) in [6, 6.07) is 15.5. The average molecular weight is 280 g/mol. The third-order valence-corrected chi connectivity index (χ3v) is 4.09. The van der Waals surface area contributed by atoms with Gasteiger partial charge in [-0.15, -0.1) is 0 Å². The van der Waals surface area contributed by atoms with Crippen molar-refractivity contribution in [2.24, 2.45) is 0 Å². The Morgan fingerprint density at radius 2 is 2.05 bits per heavy atom. The van der Waals surface area contributed by atoms with Crippen molar-refractivity contribution in [2.45, 2.75) is 25.8 Å². The van der Waals surface area contributed by atoms with Gasteiger partial charge in [-0.05, 0) is 37.5 Å². The molecular weight excluding hydrogens is 263 g/mol. The van der Waals surface area contributed by atoms with E-state index in [0.717, 1.165) is 19.4 Å². The minimum atomic E-state index is -0.440. The number of benzene rings is 2. The molecule has 1 atom stereocenters. The van der Waals surface area contributed by atoms with Crippen LogP contribution in [-0.4, -0.2) is 6.54 Å². The highest BCUT2D eigenvalue weighted by molar-refractivity contribution is 5.61. The first-order chi connectivity index (χ1) is 10.2. The number of nitriles is 1. The summed E-state index contributed by atoms with van der Waals surface area (Å²) in [4.78, 5) is 2.16. The lowest BCUT2D eigenvalue weighted by Gasteiger charge is -2.28. The van der Waals surface area contributed by atoms with Gasteiger partial charge >= 0.3 is 0 Å². The zero-order valence-corrected chi connectivity index (χ0v) is 12.0. The van der Waals surface area contributed by atoms with Gasteiger partial charge in [-0.1, -0.05) is 35.9 Å². The maximum absolute atomic E-state index is 13.8. The van der Waals surface area contributed by atoms with Crippen LogP contribution in [0.4, 0.5) is 10.1 Å². The zero-order chi connectivity index (χ0) is 14.8. The van der Waals surface area contributed by atoms with Crippen LogP contribution in [0.25, 0.3) is 0 Å². The predicted molar refractivity (Wildman–Crippen MR) is 81.6 cm³/mol. The Bertz CT molecular complexity index is 703. The largest absolute Gasteiger partial charge is 0.363 e. The van der Waals surface area contributed by atoms with E-state index in [0.29, 0.717) is 5.69 Å². The molecule has 0 bridgehead atoms. The molecule has 2 aromatic rings. The van der Waals surface area contributed by atoms with Gasteiger partial charge in [-0.25, -0.2) is 4.39 Å². The van der Waals surface area contributed by atoms with Crippen LogP contribution in [0.2, 0.25) is 0 Å². The Morgan fingerprint density at radius 1 is 1.24 bits per heavy atom. The molecule has 3 rings (SSSR count). The first-order valence-electron chi connectivity index (χ1n) is 7.22. The van der Waals surface area contributed by atoms with Crippen LogP contribution in [0.1, 0.15) is 35.6 Å². The number of nitrogens with zero attached hydrogens (tertiary/aromatic N) is 2. The summed E-state index contributed by atoms with van der Waals surface area (Å²) in [5, 5.41) is 9.24. The maximum Gasteiger partial charge on any atom is 0.143 e. The second-order valence-electron chi connectivity index (χ2n) is 5.51. The van der Waals surface area contributed by atoms with Gasteiger partial charge in [0.2, 0.25) is 0 Å². The predicted octanol–water partition coefficient (Wildman–Crippen LogP) is 4.35. The Balaban J connectivity index is 2.03. The van der Waals surface area contributed by atoms with E-state index in [2.05, 4.69) is 36.1 Å². The SMILES string of the molecule is Cc1cccc(C2CCCN2c2cccc(F)c2C#N)c1. The van der Waals surface area contributed by atoms with E-state index in [-0.39, 0.29) is 11.6 Å². The number of hydrogen-bond donors (Lipinski definition) is 0. The minimum Gasteiger partial charge on any atom is -0.363 e. The highest BCUT2D eigenvalue weighted by atomic mass is 19.1. The molecule has 0 N–H and O–H groups in total. The van der Waals surface area contributed by atoms with Crippen molar-refractivity contribution in [1.29, 1.82) is 5.26 Å². The number of hydrogen-bond acceptors (Lipinski definition) is 2. The van der Waals surface area contributed by atoms with Gasteiger partial charge < -0.3 is 4.90 Å².